The Labute approximate surface area is 121 Å². The first kappa shape index (κ1) is 15.5. The van der Waals surface area contributed by atoms with E-state index in [1.54, 1.807) is 12.1 Å². The van der Waals surface area contributed by atoms with E-state index in [0.717, 1.165) is 18.4 Å². The first-order valence-electron chi connectivity index (χ1n) is 7.50. The monoisotopic (exact) mass is 279 g/mol. The second-order valence-corrected chi connectivity index (χ2v) is 6.95. The van der Waals surface area contributed by atoms with Crippen molar-refractivity contribution in [1.29, 1.82) is 0 Å². The van der Waals surface area contributed by atoms with Crippen LogP contribution < -0.4 is 5.73 Å². The molecule has 2 rings (SSSR count). The minimum absolute atomic E-state index is 0.137. The van der Waals surface area contributed by atoms with E-state index in [9.17, 15) is 4.39 Å². The number of hydrogen-bond acceptors (Lipinski definition) is 2. The zero-order valence-electron chi connectivity index (χ0n) is 12.7. The van der Waals surface area contributed by atoms with Gasteiger partial charge >= 0.3 is 0 Å². The van der Waals surface area contributed by atoms with Gasteiger partial charge in [-0.15, -0.1) is 0 Å². The van der Waals surface area contributed by atoms with Crippen LogP contribution in [0.3, 0.4) is 0 Å². The molecular formula is C17H26FNO. The van der Waals surface area contributed by atoms with Gasteiger partial charge in [0.25, 0.3) is 0 Å². The molecule has 0 amide bonds. The van der Waals surface area contributed by atoms with Gasteiger partial charge in [0.1, 0.15) is 5.82 Å². The van der Waals surface area contributed by atoms with Crippen LogP contribution in [0.15, 0.2) is 24.3 Å². The second kappa shape index (κ2) is 6.23. The van der Waals surface area contributed by atoms with Crippen molar-refractivity contribution in [3.05, 3.63) is 35.6 Å². The van der Waals surface area contributed by atoms with Gasteiger partial charge in [-0.1, -0.05) is 32.9 Å². The molecule has 0 radical (unpaired) electrons. The summed E-state index contributed by atoms with van der Waals surface area (Å²) in [4.78, 5) is 0. The first-order valence-corrected chi connectivity index (χ1v) is 7.50. The molecule has 0 aliphatic heterocycles. The Morgan fingerprint density at radius 1 is 1.30 bits per heavy atom. The summed E-state index contributed by atoms with van der Waals surface area (Å²) < 4.78 is 19.2. The van der Waals surface area contributed by atoms with E-state index in [1.807, 2.05) is 0 Å². The molecule has 112 valence electrons. The second-order valence-electron chi connectivity index (χ2n) is 6.95. The molecule has 20 heavy (non-hydrogen) atoms. The molecular weight excluding hydrogens is 253 g/mol. The average Bonchev–Trinajstić information content (AvgIpc) is 2.34. The summed E-state index contributed by atoms with van der Waals surface area (Å²) in [6.07, 6.45) is 3.50. The van der Waals surface area contributed by atoms with Crippen molar-refractivity contribution in [3.8, 4) is 0 Å². The Balaban J connectivity index is 2.04. The summed E-state index contributed by atoms with van der Waals surface area (Å²) in [6.45, 7) is 7.31. The lowest BCUT2D eigenvalue weighted by atomic mass is 9.71. The van der Waals surface area contributed by atoms with Crippen molar-refractivity contribution in [2.24, 2.45) is 17.1 Å². The lowest BCUT2D eigenvalue weighted by molar-refractivity contribution is -0.0635. The number of benzene rings is 1. The van der Waals surface area contributed by atoms with Gasteiger partial charge in [0, 0.05) is 6.54 Å². The van der Waals surface area contributed by atoms with Crippen molar-refractivity contribution >= 4 is 0 Å². The maximum absolute atomic E-state index is 13.0. The van der Waals surface area contributed by atoms with Crippen molar-refractivity contribution in [3.63, 3.8) is 0 Å². The lowest BCUT2D eigenvalue weighted by Gasteiger charge is -2.40. The summed E-state index contributed by atoms with van der Waals surface area (Å²) in [5.74, 6) is 0.451. The highest BCUT2D eigenvalue weighted by molar-refractivity contribution is 5.19. The molecule has 0 spiro atoms. The molecule has 0 aromatic heterocycles. The number of halogens is 1. The van der Waals surface area contributed by atoms with Gasteiger partial charge in [-0.05, 0) is 48.3 Å². The molecule has 0 heterocycles. The Morgan fingerprint density at radius 2 is 1.95 bits per heavy atom. The van der Waals surface area contributed by atoms with Crippen LogP contribution in [0, 0.1) is 17.2 Å². The molecule has 3 unspecified atom stereocenters. The molecule has 0 bridgehead atoms. The van der Waals surface area contributed by atoms with E-state index >= 15 is 0 Å². The van der Waals surface area contributed by atoms with Crippen LogP contribution >= 0.6 is 0 Å². The molecule has 3 heteroatoms. The molecule has 1 fully saturated rings. The minimum Gasteiger partial charge on any atom is -0.369 e. The summed E-state index contributed by atoms with van der Waals surface area (Å²) >= 11 is 0. The van der Waals surface area contributed by atoms with Gasteiger partial charge in [0.15, 0.2) is 0 Å². The van der Waals surface area contributed by atoms with Crippen molar-refractivity contribution < 1.29 is 9.13 Å². The minimum atomic E-state index is -0.225. The molecule has 3 atom stereocenters. The van der Waals surface area contributed by atoms with E-state index < -0.39 is 0 Å². The van der Waals surface area contributed by atoms with E-state index in [1.165, 1.54) is 18.6 Å². The normalized spacial score (nSPS) is 27.2. The third-order valence-electron chi connectivity index (χ3n) is 4.16. The van der Waals surface area contributed by atoms with Crippen molar-refractivity contribution in [2.75, 3.05) is 6.54 Å². The Morgan fingerprint density at radius 3 is 2.50 bits per heavy atom. The van der Waals surface area contributed by atoms with Crippen LogP contribution in [0.25, 0.3) is 0 Å². The van der Waals surface area contributed by atoms with Gasteiger partial charge in [0.2, 0.25) is 0 Å². The summed E-state index contributed by atoms with van der Waals surface area (Å²) in [5.41, 5.74) is 7.13. The average molecular weight is 279 g/mol. The van der Waals surface area contributed by atoms with Crippen molar-refractivity contribution in [2.45, 2.75) is 52.2 Å². The van der Waals surface area contributed by atoms with E-state index in [0.29, 0.717) is 17.9 Å². The highest BCUT2D eigenvalue weighted by atomic mass is 19.1. The predicted molar refractivity (Wildman–Crippen MR) is 79.9 cm³/mol. The lowest BCUT2D eigenvalue weighted by Crippen LogP contribution is -2.34. The van der Waals surface area contributed by atoms with Gasteiger partial charge < -0.3 is 10.5 Å². The Kier molecular flexibility index (Phi) is 4.82. The van der Waals surface area contributed by atoms with E-state index in [4.69, 9.17) is 10.5 Å². The van der Waals surface area contributed by atoms with Gasteiger partial charge in [-0.25, -0.2) is 4.39 Å². The van der Waals surface area contributed by atoms with Crippen LogP contribution in [0.5, 0.6) is 0 Å². The molecule has 1 aromatic rings. The fraction of sp³-hybridized carbons (Fsp3) is 0.647. The highest BCUT2D eigenvalue weighted by Gasteiger charge is 2.33. The molecule has 2 nitrogen and oxygen atoms in total. The fourth-order valence-electron chi connectivity index (χ4n) is 3.54. The number of ether oxygens (including phenoxy) is 1. The van der Waals surface area contributed by atoms with Crippen LogP contribution in [-0.4, -0.2) is 12.6 Å². The molecule has 1 aliphatic rings. The topological polar surface area (TPSA) is 35.2 Å². The quantitative estimate of drug-likeness (QED) is 0.902. The first-order chi connectivity index (χ1) is 9.39. The predicted octanol–water partition coefficient (Wildman–Crippen LogP) is 4.06. The Bertz CT molecular complexity index is 429. The highest BCUT2D eigenvalue weighted by Crippen LogP contribution is 2.41. The Hall–Kier alpha value is -0.930. The number of rotatable bonds is 4. The van der Waals surface area contributed by atoms with Crippen LogP contribution in [0.2, 0.25) is 0 Å². The SMILES string of the molecule is CC1CC(OC(CN)c2ccc(F)cc2)CC(C)(C)C1. The maximum atomic E-state index is 13.0. The van der Waals surface area contributed by atoms with Gasteiger partial charge in [-0.3, -0.25) is 0 Å². The van der Waals surface area contributed by atoms with Crippen LogP contribution in [0.1, 0.15) is 51.7 Å². The van der Waals surface area contributed by atoms with Crippen molar-refractivity contribution in [1.82, 2.24) is 0 Å². The number of nitrogens with two attached hydrogens (primary N) is 1. The maximum Gasteiger partial charge on any atom is 0.123 e. The standard InChI is InChI=1S/C17H26FNO/c1-12-8-15(10-17(2,3)9-12)20-16(11-19)13-4-6-14(18)7-5-13/h4-7,12,15-16H,8-11,19H2,1-3H3. The molecule has 0 saturated heterocycles. The molecule has 2 N–H and O–H groups in total. The molecule has 1 aliphatic carbocycles. The zero-order valence-corrected chi connectivity index (χ0v) is 12.7. The fourth-order valence-corrected chi connectivity index (χ4v) is 3.54. The van der Waals surface area contributed by atoms with Crippen LogP contribution in [-0.2, 0) is 4.74 Å². The molecule has 1 saturated carbocycles. The largest absolute Gasteiger partial charge is 0.369 e. The third-order valence-corrected chi connectivity index (χ3v) is 4.16. The van der Waals surface area contributed by atoms with E-state index in [-0.39, 0.29) is 18.0 Å². The van der Waals surface area contributed by atoms with E-state index in [2.05, 4.69) is 20.8 Å². The smallest absolute Gasteiger partial charge is 0.123 e. The summed E-state index contributed by atoms with van der Waals surface area (Å²) in [5, 5.41) is 0. The number of hydrogen-bond donors (Lipinski definition) is 1. The summed E-state index contributed by atoms with van der Waals surface area (Å²) in [7, 11) is 0. The zero-order chi connectivity index (χ0) is 14.8. The molecule has 1 aromatic carbocycles. The van der Waals surface area contributed by atoms with Crippen LogP contribution in [0.4, 0.5) is 4.39 Å². The summed E-state index contributed by atoms with van der Waals surface area (Å²) in [6, 6.07) is 6.47. The third kappa shape index (κ3) is 4.03. The van der Waals surface area contributed by atoms with Gasteiger partial charge in [0.05, 0.1) is 12.2 Å². The van der Waals surface area contributed by atoms with Gasteiger partial charge in [-0.2, -0.15) is 0 Å².